The molecule has 0 N–H and O–H groups in total. The van der Waals surface area contributed by atoms with Crippen molar-refractivity contribution in [2.45, 2.75) is 13.5 Å². The average molecular weight is 183 g/mol. The summed E-state index contributed by atoms with van der Waals surface area (Å²) in [7, 11) is 0. The molecule has 0 radical (unpaired) electrons. The van der Waals surface area contributed by atoms with Gasteiger partial charge in [0.1, 0.15) is 0 Å². The predicted molar refractivity (Wildman–Crippen MR) is 42.9 cm³/mol. The zero-order valence-electron chi connectivity index (χ0n) is 6.97. The summed E-state index contributed by atoms with van der Waals surface area (Å²) in [5.74, 6) is -1.87. The monoisotopic (exact) mass is 183 g/mol. The van der Waals surface area contributed by atoms with Gasteiger partial charge in [0, 0.05) is 5.56 Å². The van der Waals surface area contributed by atoms with Gasteiger partial charge in [-0.05, 0) is 18.6 Å². The largest absolute Gasteiger partial charge is 0.235 e. The zero-order valence-corrected chi connectivity index (χ0v) is 6.97. The predicted octanol–water partition coefficient (Wildman–Crippen LogP) is 2.11. The average Bonchev–Trinajstić information content (AvgIpc) is 2.09. The Morgan fingerprint density at radius 1 is 1.46 bits per heavy atom. The molecule has 0 spiro atoms. The van der Waals surface area contributed by atoms with E-state index in [0.29, 0.717) is 5.56 Å². The first-order chi connectivity index (χ1) is 6.15. The van der Waals surface area contributed by atoms with E-state index < -0.39 is 11.6 Å². The van der Waals surface area contributed by atoms with Crippen LogP contribution in [0.2, 0.25) is 0 Å². The maximum atomic E-state index is 12.9. The molecule has 0 saturated heterocycles. The van der Waals surface area contributed by atoms with Crippen molar-refractivity contribution in [3.8, 4) is 0 Å². The lowest BCUT2D eigenvalue weighted by Crippen LogP contribution is -1.94. The number of benzene rings is 1. The van der Waals surface area contributed by atoms with Crippen molar-refractivity contribution in [3.05, 3.63) is 34.9 Å². The van der Waals surface area contributed by atoms with Crippen LogP contribution in [0.5, 0.6) is 0 Å². The van der Waals surface area contributed by atoms with Crippen LogP contribution in [-0.2, 0) is 11.3 Å². The molecule has 0 aliphatic rings. The molecule has 0 aliphatic heterocycles. The van der Waals surface area contributed by atoms with Crippen LogP contribution in [0.4, 0.5) is 8.78 Å². The lowest BCUT2D eigenvalue weighted by molar-refractivity contribution is 0.498. The summed E-state index contributed by atoms with van der Waals surface area (Å²) in [5, 5.41) is 0. The van der Waals surface area contributed by atoms with E-state index in [4.69, 9.17) is 0 Å². The first-order valence-corrected chi connectivity index (χ1v) is 3.63. The molecule has 2 nitrogen and oxygen atoms in total. The minimum absolute atomic E-state index is 0.0702. The number of aliphatic imine (C=N–C) groups is 1. The van der Waals surface area contributed by atoms with Crippen molar-refractivity contribution in [1.82, 2.24) is 0 Å². The van der Waals surface area contributed by atoms with E-state index in [1.54, 1.807) is 6.92 Å². The molecule has 4 heteroatoms. The molecule has 0 amide bonds. The van der Waals surface area contributed by atoms with E-state index in [9.17, 15) is 13.6 Å². The van der Waals surface area contributed by atoms with Crippen molar-refractivity contribution >= 4 is 6.08 Å². The van der Waals surface area contributed by atoms with Crippen LogP contribution in [0.1, 0.15) is 11.1 Å². The molecule has 0 bridgehead atoms. The van der Waals surface area contributed by atoms with Gasteiger partial charge in [-0.2, -0.15) is 0 Å². The first kappa shape index (κ1) is 9.55. The third-order valence-corrected chi connectivity index (χ3v) is 1.56. The van der Waals surface area contributed by atoms with E-state index in [-0.39, 0.29) is 12.1 Å². The van der Waals surface area contributed by atoms with Gasteiger partial charge in [-0.3, -0.25) is 0 Å². The Morgan fingerprint density at radius 2 is 2.15 bits per heavy atom. The molecule has 0 unspecified atom stereocenters. The van der Waals surface area contributed by atoms with Crippen LogP contribution in [0.15, 0.2) is 17.1 Å². The van der Waals surface area contributed by atoms with Crippen molar-refractivity contribution in [3.63, 3.8) is 0 Å². The third kappa shape index (κ3) is 2.20. The highest BCUT2D eigenvalue weighted by atomic mass is 19.2. The van der Waals surface area contributed by atoms with Gasteiger partial charge in [0.2, 0.25) is 6.08 Å². The summed E-state index contributed by atoms with van der Waals surface area (Å²) < 4.78 is 25.7. The van der Waals surface area contributed by atoms with Gasteiger partial charge in [0.25, 0.3) is 0 Å². The number of rotatable bonds is 2. The van der Waals surface area contributed by atoms with Crippen LogP contribution in [0, 0.1) is 18.6 Å². The molecule has 0 fully saturated rings. The summed E-state index contributed by atoms with van der Waals surface area (Å²) >= 11 is 0. The molecule has 0 saturated carbocycles. The van der Waals surface area contributed by atoms with Crippen molar-refractivity contribution in [2.75, 3.05) is 0 Å². The normalized spacial score (nSPS) is 9.46. The van der Waals surface area contributed by atoms with Gasteiger partial charge in [-0.1, -0.05) is 6.07 Å². The minimum atomic E-state index is -0.954. The smallest absolute Gasteiger partial charge is 0.211 e. The number of hydrogen-bond donors (Lipinski definition) is 0. The van der Waals surface area contributed by atoms with E-state index >= 15 is 0 Å². The SMILES string of the molecule is Cc1cc(F)c(F)c(CN=C=O)c1. The highest BCUT2D eigenvalue weighted by molar-refractivity contribution is 5.34. The quantitative estimate of drug-likeness (QED) is 0.510. The van der Waals surface area contributed by atoms with Crippen molar-refractivity contribution in [2.24, 2.45) is 4.99 Å². The van der Waals surface area contributed by atoms with Crippen LogP contribution < -0.4 is 0 Å². The Kier molecular flexibility index (Phi) is 2.88. The van der Waals surface area contributed by atoms with Gasteiger partial charge in [0.15, 0.2) is 11.6 Å². The van der Waals surface area contributed by atoms with E-state index in [1.165, 1.54) is 12.1 Å². The second-order valence-electron chi connectivity index (χ2n) is 2.63. The second kappa shape index (κ2) is 3.92. The summed E-state index contributed by atoms with van der Waals surface area (Å²) in [4.78, 5) is 12.9. The number of nitrogens with zero attached hydrogens (tertiary/aromatic N) is 1. The summed E-state index contributed by atoms with van der Waals surface area (Å²) in [6.45, 7) is 1.46. The summed E-state index contributed by atoms with van der Waals surface area (Å²) in [6.07, 6.45) is 1.27. The van der Waals surface area contributed by atoms with Crippen LogP contribution in [-0.4, -0.2) is 6.08 Å². The molecule has 1 aromatic rings. The maximum Gasteiger partial charge on any atom is 0.235 e. The first-order valence-electron chi connectivity index (χ1n) is 3.63. The number of isocyanates is 1. The van der Waals surface area contributed by atoms with E-state index in [0.717, 1.165) is 6.07 Å². The highest BCUT2D eigenvalue weighted by Gasteiger charge is 2.08. The number of aryl methyl sites for hydroxylation is 1. The Bertz CT molecular complexity index is 370. The molecule has 1 aromatic carbocycles. The molecule has 1 rings (SSSR count). The van der Waals surface area contributed by atoms with E-state index in [2.05, 4.69) is 4.99 Å². The Labute approximate surface area is 73.9 Å². The molecule has 68 valence electrons. The fraction of sp³-hybridized carbons (Fsp3) is 0.222. The lowest BCUT2D eigenvalue weighted by atomic mass is 10.1. The van der Waals surface area contributed by atoms with Crippen LogP contribution >= 0.6 is 0 Å². The van der Waals surface area contributed by atoms with Gasteiger partial charge in [0.05, 0.1) is 6.54 Å². The molecule has 0 aromatic heterocycles. The third-order valence-electron chi connectivity index (χ3n) is 1.56. The Morgan fingerprint density at radius 3 is 2.77 bits per heavy atom. The topological polar surface area (TPSA) is 29.4 Å². The molecule has 13 heavy (non-hydrogen) atoms. The van der Waals surface area contributed by atoms with E-state index in [1.807, 2.05) is 0 Å². The molecule has 0 heterocycles. The van der Waals surface area contributed by atoms with Crippen LogP contribution in [0.25, 0.3) is 0 Å². The fourth-order valence-corrected chi connectivity index (χ4v) is 1.03. The molecular formula is C9H7F2NO. The minimum Gasteiger partial charge on any atom is -0.211 e. The number of halogens is 2. The van der Waals surface area contributed by atoms with Gasteiger partial charge < -0.3 is 0 Å². The van der Waals surface area contributed by atoms with Crippen molar-refractivity contribution < 1.29 is 13.6 Å². The maximum absolute atomic E-state index is 12.9. The summed E-state index contributed by atoms with van der Waals surface area (Å²) in [5.41, 5.74) is 0.663. The number of carbonyl (C=O) groups excluding carboxylic acids is 1. The fourth-order valence-electron chi connectivity index (χ4n) is 1.03. The van der Waals surface area contributed by atoms with Gasteiger partial charge in [-0.15, -0.1) is 0 Å². The highest BCUT2D eigenvalue weighted by Crippen LogP contribution is 2.15. The lowest BCUT2D eigenvalue weighted by Gasteiger charge is -2.01. The van der Waals surface area contributed by atoms with Crippen molar-refractivity contribution in [1.29, 1.82) is 0 Å². The second-order valence-corrected chi connectivity index (χ2v) is 2.63. The Balaban J connectivity index is 3.12. The Hall–Kier alpha value is -1.54. The van der Waals surface area contributed by atoms with Crippen LogP contribution in [0.3, 0.4) is 0 Å². The van der Waals surface area contributed by atoms with Gasteiger partial charge >= 0.3 is 0 Å². The zero-order chi connectivity index (χ0) is 9.84. The van der Waals surface area contributed by atoms with Gasteiger partial charge in [-0.25, -0.2) is 18.6 Å². The number of hydrogen-bond acceptors (Lipinski definition) is 2. The molecular weight excluding hydrogens is 176 g/mol. The summed E-state index contributed by atoms with van der Waals surface area (Å²) in [6, 6.07) is 2.53. The standard InChI is InChI=1S/C9H7F2NO/c1-6-2-7(4-12-5-13)9(11)8(10)3-6/h2-3H,4H2,1H3. The molecule has 0 aliphatic carbocycles. The molecule has 0 atom stereocenters.